The minimum atomic E-state index is -3.23. The first-order chi connectivity index (χ1) is 11.8. The number of hydrogen-bond donors (Lipinski definition) is 1. The van der Waals surface area contributed by atoms with Crippen LogP contribution in [0.5, 0.6) is 5.75 Å². The average molecular weight is 369 g/mol. The van der Waals surface area contributed by atoms with Crippen molar-refractivity contribution in [1.82, 2.24) is 4.90 Å². The molecule has 1 aliphatic rings. The molecule has 1 aliphatic heterocycles. The molecule has 1 amide bonds. The number of benzene rings is 1. The number of carboxylic acids is 1. The highest BCUT2D eigenvalue weighted by atomic mass is 32.2. The second-order valence-electron chi connectivity index (χ2n) is 6.21. The fraction of sp³-hybridized carbons (Fsp3) is 0.529. The second kappa shape index (κ2) is 8.33. The molecule has 8 heteroatoms. The molecule has 0 unspecified atom stereocenters. The van der Waals surface area contributed by atoms with Crippen LogP contribution in [0.15, 0.2) is 29.2 Å². The molecule has 1 atom stereocenters. The zero-order valence-corrected chi connectivity index (χ0v) is 15.0. The van der Waals surface area contributed by atoms with Gasteiger partial charge in [0.1, 0.15) is 5.75 Å². The first-order valence-electron chi connectivity index (χ1n) is 8.21. The number of carbonyl (C=O) groups is 2. The first kappa shape index (κ1) is 19.2. The predicted molar refractivity (Wildman–Crippen MR) is 91.2 cm³/mol. The number of carboxylic acid groups (broad SMARTS) is 1. The molecule has 138 valence electrons. The van der Waals surface area contributed by atoms with Crippen molar-refractivity contribution in [2.75, 3.05) is 26.0 Å². The minimum absolute atomic E-state index is 0.0537. The molecule has 1 fully saturated rings. The molecule has 0 spiro atoms. The van der Waals surface area contributed by atoms with Gasteiger partial charge in [-0.15, -0.1) is 0 Å². The number of hydrogen-bond acceptors (Lipinski definition) is 5. The number of piperidine rings is 1. The molecule has 0 aliphatic carbocycles. The van der Waals surface area contributed by atoms with Crippen molar-refractivity contribution < 1.29 is 27.9 Å². The van der Waals surface area contributed by atoms with Gasteiger partial charge in [0.15, 0.2) is 9.84 Å². The smallest absolute Gasteiger partial charge is 0.308 e. The quantitative estimate of drug-likeness (QED) is 0.732. The van der Waals surface area contributed by atoms with E-state index in [1.165, 1.54) is 12.1 Å². The van der Waals surface area contributed by atoms with Crippen molar-refractivity contribution >= 4 is 21.7 Å². The Kier molecular flexibility index (Phi) is 6.41. The summed E-state index contributed by atoms with van der Waals surface area (Å²) in [5.74, 6) is -0.827. The van der Waals surface area contributed by atoms with Crippen LogP contribution < -0.4 is 4.74 Å². The van der Waals surface area contributed by atoms with E-state index >= 15 is 0 Å². The third-order valence-electron chi connectivity index (χ3n) is 4.18. The predicted octanol–water partition coefficient (Wildman–Crippen LogP) is 1.57. The van der Waals surface area contributed by atoms with E-state index in [1.807, 2.05) is 0 Å². The fourth-order valence-electron chi connectivity index (χ4n) is 2.76. The summed E-state index contributed by atoms with van der Waals surface area (Å²) in [7, 11) is -3.23. The van der Waals surface area contributed by atoms with Gasteiger partial charge in [0.05, 0.1) is 17.4 Å². The Labute approximate surface area is 147 Å². The van der Waals surface area contributed by atoms with Crippen LogP contribution in [0.2, 0.25) is 0 Å². The van der Waals surface area contributed by atoms with Crippen molar-refractivity contribution in [2.45, 2.75) is 30.6 Å². The number of sulfone groups is 1. The van der Waals surface area contributed by atoms with Crippen LogP contribution in [0.3, 0.4) is 0 Å². The maximum Gasteiger partial charge on any atom is 0.308 e. The fourth-order valence-corrected chi connectivity index (χ4v) is 3.39. The summed E-state index contributed by atoms with van der Waals surface area (Å²) in [6, 6.07) is 6.13. The van der Waals surface area contributed by atoms with E-state index in [2.05, 4.69) is 0 Å². The van der Waals surface area contributed by atoms with Gasteiger partial charge in [-0.05, 0) is 43.5 Å². The van der Waals surface area contributed by atoms with Crippen LogP contribution >= 0.6 is 0 Å². The number of carbonyl (C=O) groups excluding carboxylic acids is 1. The van der Waals surface area contributed by atoms with Crippen LogP contribution in [0.1, 0.15) is 25.7 Å². The number of ether oxygens (including phenoxy) is 1. The molecule has 1 aromatic rings. The van der Waals surface area contributed by atoms with Gasteiger partial charge in [-0.3, -0.25) is 9.59 Å². The van der Waals surface area contributed by atoms with Gasteiger partial charge in [0.25, 0.3) is 0 Å². The lowest BCUT2D eigenvalue weighted by atomic mass is 9.98. The van der Waals surface area contributed by atoms with E-state index in [4.69, 9.17) is 9.84 Å². The van der Waals surface area contributed by atoms with E-state index in [1.54, 1.807) is 17.0 Å². The van der Waals surface area contributed by atoms with E-state index in [9.17, 15) is 18.0 Å². The Morgan fingerprint density at radius 2 is 1.96 bits per heavy atom. The van der Waals surface area contributed by atoms with Gasteiger partial charge < -0.3 is 14.7 Å². The SMILES string of the molecule is CS(=O)(=O)c1ccc(OCCCC(=O)N2CCC[C@@H](C(=O)O)C2)cc1. The maximum atomic E-state index is 12.1. The number of likely N-dealkylation sites (tertiary alicyclic amines) is 1. The number of amides is 1. The Balaban J connectivity index is 1.73. The molecule has 1 N–H and O–H groups in total. The van der Waals surface area contributed by atoms with Gasteiger partial charge in [0.2, 0.25) is 5.91 Å². The summed E-state index contributed by atoms with van der Waals surface area (Å²) < 4.78 is 28.3. The number of rotatable bonds is 7. The zero-order chi connectivity index (χ0) is 18.4. The standard InChI is InChI=1S/C17H23NO6S/c1-25(22,23)15-8-6-14(7-9-15)24-11-3-5-16(19)18-10-2-4-13(12-18)17(20)21/h6-9,13H,2-5,10-12H2,1H3,(H,20,21)/t13-/m1/s1. The lowest BCUT2D eigenvalue weighted by Gasteiger charge is -2.30. The molecule has 0 radical (unpaired) electrons. The Morgan fingerprint density at radius 1 is 1.28 bits per heavy atom. The van der Waals surface area contributed by atoms with Gasteiger partial charge in [-0.25, -0.2) is 8.42 Å². The number of nitrogens with zero attached hydrogens (tertiary/aromatic N) is 1. The second-order valence-corrected chi connectivity index (χ2v) is 8.23. The summed E-state index contributed by atoms with van der Waals surface area (Å²) in [5.41, 5.74) is 0. The highest BCUT2D eigenvalue weighted by Crippen LogP contribution is 2.18. The zero-order valence-electron chi connectivity index (χ0n) is 14.2. The minimum Gasteiger partial charge on any atom is -0.494 e. The third-order valence-corrected chi connectivity index (χ3v) is 5.31. The lowest BCUT2D eigenvalue weighted by molar-refractivity contribution is -0.145. The Bertz CT molecular complexity index is 713. The van der Waals surface area contributed by atoms with E-state index in [0.29, 0.717) is 44.6 Å². The molecule has 1 heterocycles. The summed E-state index contributed by atoms with van der Waals surface area (Å²) >= 11 is 0. The van der Waals surface area contributed by atoms with Gasteiger partial charge in [-0.1, -0.05) is 0 Å². The first-order valence-corrected chi connectivity index (χ1v) is 10.1. The van der Waals surface area contributed by atoms with Gasteiger partial charge in [0, 0.05) is 25.8 Å². The number of aliphatic carboxylic acids is 1. The summed E-state index contributed by atoms with van der Waals surface area (Å²) in [6.07, 6.45) is 3.29. The van der Waals surface area contributed by atoms with Crippen molar-refractivity contribution in [2.24, 2.45) is 5.92 Å². The molecule has 7 nitrogen and oxygen atoms in total. The summed E-state index contributed by atoms with van der Waals surface area (Å²) in [4.78, 5) is 25.0. The summed E-state index contributed by atoms with van der Waals surface area (Å²) in [5, 5.41) is 9.05. The van der Waals surface area contributed by atoms with Gasteiger partial charge in [-0.2, -0.15) is 0 Å². The van der Waals surface area contributed by atoms with Crippen LogP contribution in [0.25, 0.3) is 0 Å². The molecule has 1 saturated heterocycles. The molecule has 25 heavy (non-hydrogen) atoms. The van der Waals surface area contributed by atoms with E-state index in [-0.39, 0.29) is 17.3 Å². The van der Waals surface area contributed by atoms with Crippen molar-refractivity contribution in [3.05, 3.63) is 24.3 Å². The highest BCUT2D eigenvalue weighted by Gasteiger charge is 2.27. The van der Waals surface area contributed by atoms with E-state index < -0.39 is 21.7 Å². The summed E-state index contributed by atoms with van der Waals surface area (Å²) in [6.45, 7) is 1.22. The molecule has 2 rings (SSSR count). The molecule has 0 aromatic heterocycles. The molecule has 1 aromatic carbocycles. The van der Waals surface area contributed by atoms with Crippen molar-refractivity contribution in [3.63, 3.8) is 0 Å². The van der Waals surface area contributed by atoms with Crippen LogP contribution in [0.4, 0.5) is 0 Å². The third kappa shape index (κ3) is 5.74. The molecular formula is C17H23NO6S. The van der Waals surface area contributed by atoms with Crippen molar-refractivity contribution in [1.29, 1.82) is 0 Å². The Morgan fingerprint density at radius 3 is 2.56 bits per heavy atom. The van der Waals surface area contributed by atoms with Crippen molar-refractivity contribution in [3.8, 4) is 5.75 Å². The van der Waals surface area contributed by atoms with Crippen LogP contribution in [-0.4, -0.2) is 56.3 Å². The molecule has 0 saturated carbocycles. The topological polar surface area (TPSA) is 101 Å². The molecule has 0 bridgehead atoms. The van der Waals surface area contributed by atoms with Crippen LogP contribution in [0, 0.1) is 5.92 Å². The maximum absolute atomic E-state index is 12.1. The van der Waals surface area contributed by atoms with E-state index in [0.717, 1.165) is 6.26 Å². The monoisotopic (exact) mass is 369 g/mol. The molecular weight excluding hydrogens is 346 g/mol. The lowest BCUT2D eigenvalue weighted by Crippen LogP contribution is -2.42. The Hall–Kier alpha value is -2.09. The van der Waals surface area contributed by atoms with Gasteiger partial charge >= 0.3 is 5.97 Å². The average Bonchev–Trinajstić information content (AvgIpc) is 2.58. The van der Waals surface area contributed by atoms with Crippen LogP contribution in [-0.2, 0) is 19.4 Å². The highest BCUT2D eigenvalue weighted by molar-refractivity contribution is 7.90. The normalized spacial score (nSPS) is 18.0. The largest absolute Gasteiger partial charge is 0.494 e.